The second-order valence-corrected chi connectivity index (χ2v) is 4.39. The minimum atomic E-state index is -0.230. The third-order valence-electron chi connectivity index (χ3n) is 3.00. The minimum absolute atomic E-state index is 0.00474. The summed E-state index contributed by atoms with van der Waals surface area (Å²) in [4.78, 5) is 19.2. The van der Waals surface area contributed by atoms with Crippen LogP contribution < -0.4 is 10.6 Å². The summed E-state index contributed by atoms with van der Waals surface area (Å²) in [7, 11) is 0. The zero-order chi connectivity index (χ0) is 12.3. The molecule has 2 atom stereocenters. The number of hydrogen-bond acceptors (Lipinski definition) is 4. The molecular weight excluding hydrogens is 220 g/mol. The van der Waals surface area contributed by atoms with E-state index in [1.807, 2.05) is 6.92 Å². The van der Waals surface area contributed by atoms with Gasteiger partial charge in [0.25, 0.3) is 0 Å². The molecule has 17 heavy (non-hydrogen) atoms. The lowest BCUT2D eigenvalue weighted by Crippen LogP contribution is -2.50. The number of nitrogens with one attached hydrogen (secondary N) is 3. The molecule has 6 heteroatoms. The van der Waals surface area contributed by atoms with Crippen LogP contribution in [-0.4, -0.2) is 39.7 Å². The number of aliphatic hydroxyl groups is 1. The molecule has 0 saturated carbocycles. The predicted molar refractivity (Wildman–Crippen MR) is 62.2 cm³/mol. The molecule has 0 spiro atoms. The number of imidazole rings is 1. The molecule has 0 fully saturated rings. The van der Waals surface area contributed by atoms with E-state index in [-0.39, 0.29) is 24.6 Å². The Morgan fingerprint density at radius 1 is 1.76 bits per heavy atom. The van der Waals surface area contributed by atoms with Gasteiger partial charge in [0.2, 0.25) is 5.91 Å². The van der Waals surface area contributed by atoms with E-state index >= 15 is 0 Å². The summed E-state index contributed by atoms with van der Waals surface area (Å²) in [6, 6.07) is -0.234. The predicted octanol–water partition coefficient (Wildman–Crippen LogP) is -0.689. The number of nitrogens with zero attached hydrogens (tertiary/aromatic N) is 1. The molecule has 2 heterocycles. The second kappa shape index (κ2) is 5.29. The topological polar surface area (TPSA) is 90.0 Å². The molecule has 0 aromatic carbocycles. The summed E-state index contributed by atoms with van der Waals surface area (Å²) in [6.07, 6.45) is 2.84. The number of aliphatic hydroxyl groups excluding tert-OH is 1. The van der Waals surface area contributed by atoms with Crippen molar-refractivity contribution in [2.45, 2.75) is 38.4 Å². The average molecular weight is 238 g/mol. The van der Waals surface area contributed by atoms with Crippen molar-refractivity contribution in [3.05, 3.63) is 17.7 Å². The third-order valence-corrected chi connectivity index (χ3v) is 3.00. The van der Waals surface area contributed by atoms with Crippen LogP contribution in [0.25, 0.3) is 0 Å². The highest BCUT2D eigenvalue weighted by Crippen LogP contribution is 2.12. The molecule has 2 unspecified atom stereocenters. The van der Waals surface area contributed by atoms with Gasteiger partial charge in [0.1, 0.15) is 0 Å². The van der Waals surface area contributed by atoms with Crippen LogP contribution in [0, 0.1) is 0 Å². The van der Waals surface area contributed by atoms with Gasteiger partial charge >= 0.3 is 0 Å². The van der Waals surface area contributed by atoms with Crippen molar-refractivity contribution in [2.24, 2.45) is 0 Å². The summed E-state index contributed by atoms with van der Waals surface area (Å²) in [5.74, 6) is -0.0281. The maximum absolute atomic E-state index is 11.9. The standard InChI is InChI=1S/C11H18N4O2/c1-7(2-3-16)15-11(17)9-4-8-10(5-12-9)14-6-13-8/h6-7,9,12,16H,2-5H2,1H3,(H,13,14)(H,15,17). The van der Waals surface area contributed by atoms with Gasteiger partial charge in [-0.05, 0) is 13.3 Å². The fraction of sp³-hybridized carbons (Fsp3) is 0.636. The monoisotopic (exact) mass is 238 g/mol. The van der Waals surface area contributed by atoms with Gasteiger partial charge in [-0.2, -0.15) is 0 Å². The smallest absolute Gasteiger partial charge is 0.237 e. The molecule has 0 radical (unpaired) electrons. The normalized spacial score (nSPS) is 20.7. The third kappa shape index (κ3) is 2.83. The van der Waals surface area contributed by atoms with Crippen LogP contribution in [0.5, 0.6) is 0 Å². The molecule has 0 saturated heterocycles. The number of hydrogen-bond donors (Lipinski definition) is 4. The highest BCUT2D eigenvalue weighted by molar-refractivity contribution is 5.82. The van der Waals surface area contributed by atoms with E-state index in [1.54, 1.807) is 6.33 Å². The van der Waals surface area contributed by atoms with Crippen molar-refractivity contribution in [2.75, 3.05) is 6.61 Å². The zero-order valence-corrected chi connectivity index (χ0v) is 9.86. The molecular formula is C11H18N4O2. The maximum atomic E-state index is 11.9. The Hall–Kier alpha value is -1.40. The van der Waals surface area contributed by atoms with Crippen molar-refractivity contribution in [1.82, 2.24) is 20.6 Å². The zero-order valence-electron chi connectivity index (χ0n) is 9.86. The van der Waals surface area contributed by atoms with Crippen LogP contribution in [-0.2, 0) is 17.8 Å². The van der Waals surface area contributed by atoms with Crippen LogP contribution in [0.3, 0.4) is 0 Å². The molecule has 1 aliphatic rings. The molecule has 1 aromatic rings. The minimum Gasteiger partial charge on any atom is -0.396 e. The summed E-state index contributed by atoms with van der Waals surface area (Å²) < 4.78 is 0. The summed E-state index contributed by atoms with van der Waals surface area (Å²) in [5.41, 5.74) is 2.01. The highest BCUT2D eigenvalue weighted by atomic mass is 16.3. The second-order valence-electron chi connectivity index (χ2n) is 4.39. The fourth-order valence-corrected chi connectivity index (χ4v) is 1.96. The van der Waals surface area contributed by atoms with Crippen molar-refractivity contribution in [1.29, 1.82) is 0 Å². The number of rotatable bonds is 4. The summed E-state index contributed by atoms with van der Waals surface area (Å²) in [6.45, 7) is 2.61. The number of H-pyrrole nitrogens is 1. The first-order valence-corrected chi connectivity index (χ1v) is 5.86. The molecule has 1 amide bonds. The van der Waals surface area contributed by atoms with E-state index in [0.29, 0.717) is 19.4 Å². The number of fused-ring (bicyclic) bond motifs is 1. The molecule has 0 bridgehead atoms. The first-order valence-electron chi connectivity index (χ1n) is 5.86. The van der Waals surface area contributed by atoms with E-state index in [9.17, 15) is 4.79 Å². The van der Waals surface area contributed by atoms with Gasteiger partial charge in [0.05, 0.1) is 23.8 Å². The molecule has 1 aromatic heterocycles. The van der Waals surface area contributed by atoms with Crippen LogP contribution >= 0.6 is 0 Å². The van der Waals surface area contributed by atoms with E-state index < -0.39 is 0 Å². The number of carbonyl (C=O) groups is 1. The van der Waals surface area contributed by atoms with Crippen LogP contribution in [0.2, 0.25) is 0 Å². The summed E-state index contributed by atoms with van der Waals surface area (Å²) >= 11 is 0. The summed E-state index contributed by atoms with van der Waals surface area (Å²) in [5, 5.41) is 14.8. The van der Waals surface area contributed by atoms with Crippen molar-refractivity contribution in [3.8, 4) is 0 Å². The lowest BCUT2D eigenvalue weighted by Gasteiger charge is -2.24. The van der Waals surface area contributed by atoms with E-state index in [2.05, 4.69) is 20.6 Å². The molecule has 0 aliphatic carbocycles. The number of amides is 1. The Balaban J connectivity index is 1.90. The molecule has 4 N–H and O–H groups in total. The lowest BCUT2D eigenvalue weighted by atomic mass is 10.0. The fourth-order valence-electron chi connectivity index (χ4n) is 1.96. The maximum Gasteiger partial charge on any atom is 0.237 e. The Bertz CT molecular complexity index is 391. The number of aromatic amines is 1. The van der Waals surface area contributed by atoms with Gasteiger partial charge in [0.15, 0.2) is 0 Å². The van der Waals surface area contributed by atoms with Gasteiger partial charge in [-0.3, -0.25) is 10.1 Å². The van der Waals surface area contributed by atoms with E-state index in [0.717, 1.165) is 11.4 Å². The van der Waals surface area contributed by atoms with Crippen molar-refractivity contribution < 1.29 is 9.90 Å². The number of carbonyl (C=O) groups excluding carboxylic acids is 1. The van der Waals surface area contributed by atoms with Crippen LogP contribution in [0.4, 0.5) is 0 Å². The highest BCUT2D eigenvalue weighted by Gasteiger charge is 2.26. The van der Waals surface area contributed by atoms with Gasteiger partial charge in [-0.25, -0.2) is 4.98 Å². The first-order chi connectivity index (χ1) is 8.20. The quantitative estimate of drug-likeness (QED) is 0.559. The SMILES string of the molecule is CC(CCO)NC(=O)C1Cc2nc[nH]c2CN1. The largest absolute Gasteiger partial charge is 0.396 e. The average Bonchev–Trinajstić information content (AvgIpc) is 2.75. The van der Waals surface area contributed by atoms with Crippen molar-refractivity contribution in [3.63, 3.8) is 0 Å². The van der Waals surface area contributed by atoms with Gasteiger partial charge in [-0.15, -0.1) is 0 Å². The first kappa shape index (κ1) is 12.1. The lowest BCUT2D eigenvalue weighted by molar-refractivity contribution is -0.124. The van der Waals surface area contributed by atoms with Crippen LogP contribution in [0.15, 0.2) is 6.33 Å². The molecule has 6 nitrogen and oxygen atoms in total. The molecule has 1 aliphatic heterocycles. The van der Waals surface area contributed by atoms with Crippen molar-refractivity contribution >= 4 is 5.91 Å². The number of aromatic nitrogens is 2. The van der Waals surface area contributed by atoms with E-state index in [4.69, 9.17) is 5.11 Å². The Morgan fingerprint density at radius 3 is 3.35 bits per heavy atom. The van der Waals surface area contributed by atoms with Gasteiger partial charge in [0, 0.05) is 25.6 Å². The Morgan fingerprint density at radius 2 is 2.59 bits per heavy atom. The Labute approximate surface area is 99.8 Å². The molecule has 2 rings (SSSR count). The van der Waals surface area contributed by atoms with Gasteiger partial charge in [-0.1, -0.05) is 0 Å². The van der Waals surface area contributed by atoms with E-state index in [1.165, 1.54) is 0 Å². The Kier molecular flexibility index (Phi) is 3.75. The van der Waals surface area contributed by atoms with Gasteiger partial charge < -0.3 is 15.4 Å². The van der Waals surface area contributed by atoms with Crippen LogP contribution in [0.1, 0.15) is 24.7 Å². The molecule has 94 valence electrons.